The van der Waals surface area contributed by atoms with E-state index in [1.807, 2.05) is 0 Å². The van der Waals surface area contributed by atoms with Crippen LogP contribution in [0.15, 0.2) is 6.07 Å². The van der Waals surface area contributed by atoms with Gasteiger partial charge in [0, 0.05) is 50.0 Å². The van der Waals surface area contributed by atoms with E-state index in [9.17, 15) is 4.79 Å². The lowest BCUT2D eigenvalue weighted by molar-refractivity contribution is 0.153. The number of nitrogens with zero attached hydrogens (tertiary/aromatic N) is 4. The highest BCUT2D eigenvalue weighted by molar-refractivity contribution is 5.65. The third-order valence-electron chi connectivity index (χ3n) is 5.85. The number of nitrogens with two attached hydrogens (primary N) is 1. The van der Waals surface area contributed by atoms with Crippen molar-refractivity contribution >= 4 is 17.9 Å². The molecule has 1 saturated carbocycles. The zero-order valence-corrected chi connectivity index (χ0v) is 13.9. The molecule has 0 unspecified atom stereocenters. The summed E-state index contributed by atoms with van der Waals surface area (Å²) in [7, 11) is 0. The van der Waals surface area contributed by atoms with Crippen molar-refractivity contribution in [3.05, 3.63) is 11.8 Å². The van der Waals surface area contributed by atoms with E-state index in [0.717, 1.165) is 24.6 Å². The van der Waals surface area contributed by atoms with Crippen LogP contribution in [-0.4, -0.2) is 52.2 Å². The molecule has 2 aliphatic heterocycles. The Morgan fingerprint density at radius 1 is 1.08 bits per heavy atom. The molecule has 7 nitrogen and oxygen atoms in total. The van der Waals surface area contributed by atoms with Gasteiger partial charge in [-0.25, -0.2) is 9.78 Å². The minimum atomic E-state index is -0.804. The van der Waals surface area contributed by atoms with Gasteiger partial charge in [-0.1, -0.05) is 19.3 Å². The van der Waals surface area contributed by atoms with Crippen molar-refractivity contribution in [3.8, 4) is 0 Å². The lowest BCUT2D eigenvalue weighted by Crippen LogP contribution is -2.32. The molecule has 3 aliphatic rings. The second-order valence-electron chi connectivity index (χ2n) is 7.46. The highest BCUT2D eigenvalue weighted by Crippen LogP contribution is 2.36. The largest absolute Gasteiger partial charge is 0.465 e. The summed E-state index contributed by atoms with van der Waals surface area (Å²) < 4.78 is 0. The van der Waals surface area contributed by atoms with Crippen LogP contribution >= 0.6 is 0 Å². The van der Waals surface area contributed by atoms with Crippen molar-refractivity contribution in [1.29, 1.82) is 0 Å². The Bertz CT molecular complexity index is 617. The minimum Gasteiger partial charge on any atom is -0.465 e. The van der Waals surface area contributed by atoms with Gasteiger partial charge in [0.1, 0.15) is 5.82 Å². The lowest BCUT2D eigenvalue weighted by atomic mass is 9.87. The molecule has 0 aromatic carbocycles. The molecule has 4 rings (SSSR count). The van der Waals surface area contributed by atoms with Gasteiger partial charge < -0.3 is 20.6 Å². The first-order valence-corrected chi connectivity index (χ1v) is 8.97. The maximum atomic E-state index is 11.1. The van der Waals surface area contributed by atoms with Crippen LogP contribution in [-0.2, 0) is 0 Å². The number of aromatic nitrogens is 2. The maximum absolute atomic E-state index is 11.1. The molecule has 1 amide bonds. The summed E-state index contributed by atoms with van der Waals surface area (Å²) in [5.41, 5.74) is 7.06. The quantitative estimate of drug-likeness (QED) is 0.862. The van der Waals surface area contributed by atoms with E-state index in [0.29, 0.717) is 36.8 Å². The molecule has 0 bridgehead atoms. The monoisotopic (exact) mass is 331 g/mol. The van der Waals surface area contributed by atoms with Crippen molar-refractivity contribution in [2.75, 3.05) is 36.8 Å². The SMILES string of the molecule is Nc1nc(C2CCCCC2)cc(N2C[C@H]3CN(C(=O)O)C[C@H]3C2)n1. The zero-order valence-electron chi connectivity index (χ0n) is 13.9. The van der Waals surface area contributed by atoms with Crippen LogP contribution in [0.2, 0.25) is 0 Å². The second kappa shape index (κ2) is 6.11. The number of likely N-dealkylation sites (tertiary alicyclic amines) is 1. The van der Waals surface area contributed by atoms with Crippen molar-refractivity contribution in [2.45, 2.75) is 38.0 Å². The molecule has 2 saturated heterocycles. The number of anilines is 2. The summed E-state index contributed by atoms with van der Waals surface area (Å²) in [5, 5.41) is 9.14. The average molecular weight is 331 g/mol. The molecule has 1 aromatic heterocycles. The van der Waals surface area contributed by atoms with E-state index in [4.69, 9.17) is 10.8 Å². The molecule has 3 fully saturated rings. The third-order valence-corrected chi connectivity index (χ3v) is 5.85. The van der Waals surface area contributed by atoms with Gasteiger partial charge in [0.05, 0.1) is 5.69 Å². The van der Waals surface area contributed by atoms with Gasteiger partial charge in [-0.05, 0) is 12.8 Å². The van der Waals surface area contributed by atoms with E-state index >= 15 is 0 Å². The van der Waals surface area contributed by atoms with E-state index in [-0.39, 0.29) is 0 Å². The fraction of sp³-hybridized carbons (Fsp3) is 0.706. The molecule has 3 N–H and O–H groups in total. The number of rotatable bonds is 2. The number of hydrogen-bond donors (Lipinski definition) is 2. The van der Waals surface area contributed by atoms with Gasteiger partial charge >= 0.3 is 6.09 Å². The Morgan fingerprint density at radius 2 is 1.75 bits per heavy atom. The van der Waals surface area contributed by atoms with Crippen molar-refractivity contribution in [1.82, 2.24) is 14.9 Å². The van der Waals surface area contributed by atoms with Crippen LogP contribution in [0.1, 0.15) is 43.7 Å². The Morgan fingerprint density at radius 3 is 2.38 bits per heavy atom. The van der Waals surface area contributed by atoms with E-state index in [1.54, 1.807) is 0 Å². The summed E-state index contributed by atoms with van der Waals surface area (Å²) in [6.07, 6.45) is 5.43. The first kappa shape index (κ1) is 15.5. The highest BCUT2D eigenvalue weighted by atomic mass is 16.4. The molecular formula is C17H25N5O2. The Labute approximate surface area is 141 Å². The number of nitrogen functional groups attached to an aromatic ring is 1. The number of carbonyl (C=O) groups is 1. The Kier molecular flexibility index (Phi) is 3.94. The first-order chi connectivity index (χ1) is 11.6. The summed E-state index contributed by atoms with van der Waals surface area (Å²) in [6, 6.07) is 2.11. The maximum Gasteiger partial charge on any atom is 0.407 e. The highest BCUT2D eigenvalue weighted by Gasteiger charge is 2.42. The fourth-order valence-electron chi connectivity index (χ4n) is 4.58. The van der Waals surface area contributed by atoms with Gasteiger partial charge in [-0.15, -0.1) is 0 Å². The first-order valence-electron chi connectivity index (χ1n) is 8.97. The molecule has 24 heavy (non-hydrogen) atoms. The average Bonchev–Trinajstić information content (AvgIpc) is 3.14. The van der Waals surface area contributed by atoms with Gasteiger partial charge in [0.2, 0.25) is 5.95 Å². The van der Waals surface area contributed by atoms with E-state index in [1.165, 1.54) is 37.0 Å². The van der Waals surface area contributed by atoms with Gasteiger partial charge in [-0.3, -0.25) is 0 Å². The van der Waals surface area contributed by atoms with Crippen molar-refractivity contribution < 1.29 is 9.90 Å². The van der Waals surface area contributed by atoms with Crippen LogP contribution in [0.25, 0.3) is 0 Å². The van der Waals surface area contributed by atoms with Crippen LogP contribution in [0.4, 0.5) is 16.6 Å². The molecule has 1 aliphatic carbocycles. The Hall–Kier alpha value is -2.05. The number of carboxylic acid groups (broad SMARTS) is 1. The number of fused-ring (bicyclic) bond motifs is 1. The second-order valence-corrected chi connectivity index (χ2v) is 7.46. The summed E-state index contributed by atoms with van der Waals surface area (Å²) in [5.74, 6) is 2.58. The molecule has 0 spiro atoms. The Balaban J connectivity index is 1.49. The molecule has 3 heterocycles. The summed E-state index contributed by atoms with van der Waals surface area (Å²) in [6.45, 7) is 2.98. The van der Waals surface area contributed by atoms with Gasteiger partial charge in [-0.2, -0.15) is 4.98 Å². The molecule has 0 radical (unpaired) electrons. The normalized spacial score (nSPS) is 27.5. The van der Waals surface area contributed by atoms with Gasteiger partial charge in [0.15, 0.2) is 0 Å². The lowest BCUT2D eigenvalue weighted by Gasteiger charge is -2.24. The predicted octanol–water partition coefficient (Wildman–Crippen LogP) is 2.15. The standard InChI is InChI=1S/C17H25N5O2/c18-16-19-14(11-4-2-1-3-5-11)6-15(20-16)21-7-12-9-22(17(23)24)10-13(12)8-21/h6,11-13H,1-5,7-10H2,(H,23,24)(H2,18,19,20)/t12-,13+. The smallest absolute Gasteiger partial charge is 0.407 e. The molecular weight excluding hydrogens is 306 g/mol. The van der Waals surface area contributed by atoms with Crippen molar-refractivity contribution in [3.63, 3.8) is 0 Å². The number of hydrogen-bond acceptors (Lipinski definition) is 5. The molecule has 7 heteroatoms. The minimum absolute atomic E-state index is 0.359. The van der Waals surface area contributed by atoms with E-state index < -0.39 is 6.09 Å². The summed E-state index contributed by atoms with van der Waals surface area (Å²) in [4.78, 5) is 23.9. The van der Waals surface area contributed by atoms with Crippen LogP contribution in [0.3, 0.4) is 0 Å². The summed E-state index contributed by atoms with van der Waals surface area (Å²) >= 11 is 0. The third kappa shape index (κ3) is 2.87. The van der Waals surface area contributed by atoms with Crippen LogP contribution < -0.4 is 10.6 Å². The van der Waals surface area contributed by atoms with Crippen LogP contribution in [0, 0.1) is 11.8 Å². The number of amides is 1. The molecule has 2 atom stereocenters. The topological polar surface area (TPSA) is 95.6 Å². The molecule has 130 valence electrons. The zero-order chi connectivity index (χ0) is 16.7. The van der Waals surface area contributed by atoms with Crippen molar-refractivity contribution in [2.24, 2.45) is 11.8 Å². The fourth-order valence-corrected chi connectivity index (χ4v) is 4.58. The van der Waals surface area contributed by atoms with Gasteiger partial charge in [0.25, 0.3) is 0 Å². The van der Waals surface area contributed by atoms with Crippen LogP contribution in [0.5, 0.6) is 0 Å². The molecule has 1 aromatic rings. The van der Waals surface area contributed by atoms with E-state index in [2.05, 4.69) is 20.9 Å². The predicted molar refractivity (Wildman–Crippen MR) is 91.1 cm³/mol.